The van der Waals surface area contributed by atoms with Gasteiger partial charge in [0.2, 0.25) is 0 Å². The Morgan fingerprint density at radius 1 is 1.50 bits per heavy atom. The van der Waals surface area contributed by atoms with Crippen molar-refractivity contribution in [1.29, 1.82) is 0 Å². The number of amides is 1. The fraction of sp³-hybridized carbons (Fsp3) is 0.357. The molecule has 108 valence electrons. The van der Waals surface area contributed by atoms with Crippen LogP contribution >= 0.6 is 15.9 Å². The van der Waals surface area contributed by atoms with Crippen molar-refractivity contribution in [3.05, 3.63) is 34.0 Å². The number of nitrogens with one attached hydrogen (secondary N) is 1. The van der Waals surface area contributed by atoms with Crippen molar-refractivity contribution in [1.82, 2.24) is 5.32 Å². The van der Waals surface area contributed by atoms with Crippen LogP contribution in [0.15, 0.2) is 27.1 Å². The number of hydrogen-bond donors (Lipinski definition) is 2. The Labute approximate surface area is 125 Å². The van der Waals surface area contributed by atoms with E-state index in [2.05, 4.69) is 21.2 Å². The smallest absolute Gasteiger partial charge is 0.287 e. The quantitative estimate of drug-likeness (QED) is 0.874. The number of hydrogen-bond acceptors (Lipinski definition) is 4. The molecule has 0 radical (unpaired) electrons. The number of rotatable bonds is 5. The third kappa shape index (κ3) is 3.39. The molecule has 1 aromatic carbocycles. The number of fused-ring (bicyclic) bond motifs is 1. The average Bonchev–Trinajstić information content (AvgIpc) is 2.80. The summed E-state index contributed by atoms with van der Waals surface area (Å²) in [6, 6.07) is 5.50. The number of benzene rings is 1. The van der Waals surface area contributed by atoms with Crippen molar-refractivity contribution in [2.24, 2.45) is 0 Å². The molecule has 0 bridgehead atoms. The van der Waals surface area contributed by atoms with E-state index >= 15 is 0 Å². The highest BCUT2D eigenvalue weighted by molar-refractivity contribution is 9.10. The highest BCUT2D eigenvalue weighted by Gasteiger charge is 2.15. The van der Waals surface area contributed by atoms with Gasteiger partial charge in [0.25, 0.3) is 5.91 Å². The number of ether oxygens (including phenoxy) is 1. The van der Waals surface area contributed by atoms with Gasteiger partial charge in [-0.15, -0.1) is 0 Å². The van der Waals surface area contributed by atoms with Crippen molar-refractivity contribution >= 4 is 32.8 Å². The number of furan rings is 1. The molecular weight excluding hydrogens is 326 g/mol. The van der Waals surface area contributed by atoms with Crippen LogP contribution in [0.5, 0.6) is 0 Å². The first kappa shape index (κ1) is 15.0. The molecular formula is C14H16BrNO4. The summed E-state index contributed by atoms with van der Waals surface area (Å²) in [5, 5.41) is 13.0. The lowest BCUT2D eigenvalue weighted by atomic mass is 10.2. The molecule has 2 aromatic rings. The summed E-state index contributed by atoms with van der Waals surface area (Å²) in [6.07, 6.45) is -0.732. The number of aliphatic hydroxyl groups excluding tert-OH is 1. The molecule has 0 aliphatic carbocycles. The molecule has 6 heteroatoms. The largest absolute Gasteiger partial charge is 0.451 e. The van der Waals surface area contributed by atoms with Crippen LogP contribution in [-0.2, 0) is 4.74 Å². The zero-order valence-electron chi connectivity index (χ0n) is 11.3. The molecule has 0 fully saturated rings. The first-order valence-electron chi connectivity index (χ1n) is 6.16. The number of methoxy groups -OCH3 is 1. The predicted molar refractivity (Wildman–Crippen MR) is 78.9 cm³/mol. The van der Waals surface area contributed by atoms with Gasteiger partial charge in [0, 0.05) is 23.5 Å². The van der Waals surface area contributed by atoms with E-state index in [-0.39, 0.29) is 24.8 Å². The number of carbonyl (C=O) groups excluding carboxylic acids is 1. The molecule has 20 heavy (non-hydrogen) atoms. The van der Waals surface area contributed by atoms with Crippen LogP contribution in [0.4, 0.5) is 0 Å². The lowest BCUT2D eigenvalue weighted by Gasteiger charge is -2.09. The number of aryl methyl sites for hydroxylation is 1. The lowest BCUT2D eigenvalue weighted by molar-refractivity contribution is 0.0603. The van der Waals surface area contributed by atoms with Crippen LogP contribution in [0.1, 0.15) is 16.1 Å². The van der Waals surface area contributed by atoms with E-state index in [1.807, 2.05) is 19.1 Å². The van der Waals surface area contributed by atoms with E-state index in [0.29, 0.717) is 5.58 Å². The highest BCUT2D eigenvalue weighted by Crippen LogP contribution is 2.26. The summed E-state index contributed by atoms with van der Waals surface area (Å²) in [7, 11) is 1.49. The van der Waals surface area contributed by atoms with E-state index in [1.54, 1.807) is 6.07 Å². The summed E-state index contributed by atoms with van der Waals surface area (Å²) in [5.74, 6) is -0.127. The van der Waals surface area contributed by atoms with Gasteiger partial charge in [0.1, 0.15) is 5.58 Å². The standard InChI is InChI=1S/C14H16BrNO4/c1-8-3-10(15)4-9-5-12(20-13(8)9)14(18)16-6-11(17)7-19-2/h3-5,11,17H,6-7H2,1-2H3,(H,16,18). The topological polar surface area (TPSA) is 71.7 Å². The summed E-state index contributed by atoms with van der Waals surface area (Å²) in [6.45, 7) is 2.21. The van der Waals surface area contributed by atoms with E-state index < -0.39 is 6.10 Å². The molecule has 2 N–H and O–H groups in total. The molecule has 5 nitrogen and oxygen atoms in total. The SMILES string of the molecule is COCC(O)CNC(=O)c1cc2cc(Br)cc(C)c2o1. The van der Waals surface area contributed by atoms with E-state index in [4.69, 9.17) is 9.15 Å². The van der Waals surface area contributed by atoms with Crippen molar-refractivity contribution < 1.29 is 19.1 Å². The molecule has 0 spiro atoms. The maximum atomic E-state index is 12.0. The molecule has 2 rings (SSSR count). The van der Waals surface area contributed by atoms with Crippen LogP contribution < -0.4 is 5.32 Å². The Kier molecular flexibility index (Phi) is 4.80. The molecule has 0 saturated heterocycles. The first-order valence-corrected chi connectivity index (χ1v) is 6.95. The van der Waals surface area contributed by atoms with Gasteiger partial charge in [0.15, 0.2) is 5.76 Å². The van der Waals surface area contributed by atoms with Gasteiger partial charge in [-0.25, -0.2) is 0 Å². The summed E-state index contributed by atoms with van der Waals surface area (Å²) in [4.78, 5) is 12.0. The van der Waals surface area contributed by atoms with Gasteiger partial charge in [-0.3, -0.25) is 4.79 Å². The maximum absolute atomic E-state index is 12.0. The monoisotopic (exact) mass is 341 g/mol. The molecule has 1 atom stereocenters. The molecule has 0 aliphatic rings. The predicted octanol–water partition coefficient (Wildman–Crippen LogP) is 2.24. The third-order valence-electron chi connectivity index (χ3n) is 2.85. The normalized spacial score (nSPS) is 12.6. The van der Waals surface area contributed by atoms with Gasteiger partial charge in [-0.05, 0) is 30.7 Å². The van der Waals surface area contributed by atoms with Gasteiger partial charge >= 0.3 is 0 Å². The maximum Gasteiger partial charge on any atom is 0.287 e. The highest BCUT2D eigenvalue weighted by atomic mass is 79.9. The second-order valence-corrected chi connectivity index (χ2v) is 5.49. The van der Waals surface area contributed by atoms with Crippen molar-refractivity contribution in [3.63, 3.8) is 0 Å². The minimum absolute atomic E-state index is 0.117. The Balaban J connectivity index is 2.13. The van der Waals surface area contributed by atoms with E-state index in [1.165, 1.54) is 7.11 Å². The molecule has 1 unspecified atom stereocenters. The van der Waals surface area contributed by atoms with Crippen LogP contribution in [0.2, 0.25) is 0 Å². The van der Waals surface area contributed by atoms with Gasteiger partial charge in [-0.1, -0.05) is 15.9 Å². The van der Waals surface area contributed by atoms with Crippen molar-refractivity contribution in [3.8, 4) is 0 Å². The van der Waals surface area contributed by atoms with Crippen LogP contribution in [-0.4, -0.2) is 37.4 Å². The second-order valence-electron chi connectivity index (χ2n) is 4.57. The summed E-state index contributed by atoms with van der Waals surface area (Å²) >= 11 is 3.41. The van der Waals surface area contributed by atoms with E-state index in [9.17, 15) is 9.90 Å². The zero-order valence-corrected chi connectivity index (χ0v) is 12.9. The number of halogens is 1. The van der Waals surface area contributed by atoms with E-state index in [0.717, 1.165) is 15.4 Å². The Morgan fingerprint density at radius 2 is 2.25 bits per heavy atom. The molecule has 1 heterocycles. The fourth-order valence-corrected chi connectivity index (χ4v) is 2.53. The Hall–Kier alpha value is -1.37. The molecule has 0 saturated carbocycles. The number of carbonyl (C=O) groups is 1. The van der Waals surface area contributed by atoms with Crippen LogP contribution in [0, 0.1) is 6.92 Å². The fourth-order valence-electron chi connectivity index (χ4n) is 1.94. The summed E-state index contributed by atoms with van der Waals surface area (Å²) < 4.78 is 11.3. The Morgan fingerprint density at radius 3 is 2.95 bits per heavy atom. The van der Waals surface area contributed by atoms with Gasteiger partial charge in [-0.2, -0.15) is 0 Å². The van der Waals surface area contributed by atoms with Crippen LogP contribution in [0.25, 0.3) is 11.0 Å². The minimum Gasteiger partial charge on any atom is -0.451 e. The van der Waals surface area contributed by atoms with Crippen molar-refractivity contribution in [2.75, 3.05) is 20.3 Å². The van der Waals surface area contributed by atoms with Crippen molar-refractivity contribution in [2.45, 2.75) is 13.0 Å². The Bertz CT molecular complexity index is 623. The molecule has 1 aromatic heterocycles. The third-order valence-corrected chi connectivity index (χ3v) is 3.31. The van der Waals surface area contributed by atoms with Gasteiger partial charge in [0.05, 0.1) is 12.7 Å². The summed E-state index contributed by atoms with van der Waals surface area (Å²) in [5.41, 5.74) is 1.64. The number of aliphatic hydroxyl groups is 1. The molecule has 0 aliphatic heterocycles. The lowest BCUT2D eigenvalue weighted by Crippen LogP contribution is -2.34. The van der Waals surface area contributed by atoms with Crippen LogP contribution in [0.3, 0.4) is 0 Å². The second kappa shape index (κ2) is 6.39. The first-order chi connectivity index (χ1) is 9.51. The van der Waals surface area contributed by atoms with Gasteiger partial charge < -0.3 is 19.6 Å². The molecule has 1 amide bonds. The zero-order chi connectivity index (χ0) is 14.7. The average molecular weight is 342 g/mol. The minimum atomic E-state index is -0.732.